The van der Waals surface area contributed by atoms with E-state index in [0.717, 1.165) is 22.7 Å². The van der Waals surface area contributed by atoms with Gasteiger partial charge in [0, 0.05) is 53.6 Å². The highest BCUT2D eigenvalue weighted by Gasteiger charge is 2.21. The Morgan fingerprint density at radius 2 is 0.982 bits per heavy atom. The molecule has 0 unspecified atom stereocenters. The molecular formula is C52H34N2S. The minimum atomic E-state index is 1.10. The largest absolute Gasteiger partial charge is 0.310 e. The molecule has 11 rings (SSSR count). The van der Waals surface area contributed by atoms with E-state index in [1.807, 2.05) is 11.3 Å². The standard InChI is InChI=1S/C52H34N2S/c1-2-15-38(16-3-1)54-49-23-10-7-19-44(49)45-32-30-40(34-50(45)54)53(39-28-25-36(26-29-39)42-21-12-14-35-13-4-5-17-41(35)42)48-22-9-6-18-43(48)37-27-31-47-46-20-8-11-24-51(46)55-52(47)33-37/h1-34H. The van der Waals surface area contributed by atoms with Gasteiger partial charge in [0.15, 0.2) is 0 Å². The average molecular weight is 719 g/mol. The molecule has 2 aromatic heterocycles. The third-order valence-corrected chi connectivity index (χ3v) is 12.1. The van der Waals surface area contributed by atoms with Gasteiger partial charge < -0.3 is 9.47 Å². The van der Waals surface area contributed by atoms with Crippen molar-refractivity contribution in [2.75, 3.05) is 4.90 Å². The predicted octanol–water partition coefficient (Wildman–Crippen LogP) is 15.1. The molecule has 0 bridgehead atoms. The van der Waals surface area contributed by atoms with E-state index in [9.17, 15) is 0 Å². The maximum Gasteiger partial charge on any atom is 0.0561 e. The first-order valence-corrected chi connectivity index (χ1v) is 19.6. The molecule has 0 spiro atoms. The van der Waals surface area contributed by atoms with E-state index in [4.69, 9.17) is 0 Å². The number of fused-ring (bicyclic) bond motifs is 7. The van der Waals surface area contributed by atoms with Crippen molar-refractivity contribution in [2.24, 2.45) is 0 Å². The maximum atomic E-state index is 2.43. The lowest BCUT2D eigenvalue weighted by Crippen LogP contribution is -2.11. The Morgan fingerprint density at radius 3 is 1.87 bits per heavy atom. The summed E-state index contributed by atoms with van der Waals surface area (Å²) in [7, 11) is 0. The summed E-state index contributed by atoms with van der Waals surface area (Å²) in [4.78, 5) is 2.43. The molecule has 9 aromatic carbocycles. The van der Waals surface area contributed by atoms with Gasteiger partial charge in [-0.3, -0.25) is 0 Å². The summed E-state index contributed by atoms with van der Waals surface area (Å²) in [5.74, 6) is 0. The van der Waals surface area contributed by atoms with Gasteiger partial charge in [0.1, 0.15) is 0 Å². The third kappa shape index (κ3) is 5.24. The third-order valence-electron chi connectivity index (χ3n) is 11.0. The van der Waals surface area contributed by atoms with Gasteiger partial charge in [-0.1, -0.05) is 146 Å². The molecule has 2 nitrogen and oxygen atoms in total. The molecule has 0 saturated carbocycles. The van der Waals surface area contributed by atoms with E-state index in [-0.39, 0.29) is 0 Å². The van der Waals surface area contributed by atoms with Gasteiger partial charge in [0.05, 0.1) is 16.7 Å². The lowest BCUT2D eigenvalue weighted by Gasteiger charge is -2.28. The van der Waals surface area contributed by atoms with Gasteiger partial charge in [-0.05, 0) is 88.1 Å². The zero-order valence-electron chi connectivity index (χ0n) is 29.9. The van der Waals surface area contributed by atoms with Crippen LogP contribution in [0.1, 0.15) is 0 Å². The van der Waals surface area contributed by atoms with Gasteiger partial charge in [0.2, 0.25) is 0 Å². The fraction of sp³-hybridized carbons (Fsp3) is 0. The zero-order valence-corrected chi connectivity index (χ0v) is 30.7. The van der Waals surface area contributed by atoms with Crippen LogP contribution in [0.3, 0.4) is 0 Å². The van der Waals surface area contributed by atoms with Crippen LogP contribution in [0.2, 0.25) is 0 Å². The lowest BCUT2D eigenvalue weighted by molar-refractivity contribution is 1.18. The summed E-state index contributed by atoms with van der Waals surface area (Å²) >= 11 is 1.86. The van der Waals surface area contributed by atoms with Crippen molar-refractivity contribution in [1.29, 1.82) is 0 Å². The Balaban J connectivity index is 1.13. The molecule has 11 aromatic rings. The number of hydrogen-bond acceptors (Lipinski definition) is 2. The van der Waals surface area contributed by atoms with Crippen molar-refractivity contribution in [2.45, 2.75) is 0 Å². The van der Waals surface area contributed by atoms with Crippen LogP contribution in [0.15, 0.2) is 206 Å². The molecule has 0 N–H and O–H groups in total. The Bertz CT molecular complexity index is 3200. The second-order valence-corrected chi connectivity index (χ2v) is 15.2. The van der Waals surface area contributed by atoms with Crippen LogP contribution in [0.5, 0.6) is 0 Å². The first-order valence-electron chi connectivity index (χ1n) is 18.8. The number of aromatic nitrogens is 1. The second kappa shape index (κ2) is 12.9. The topological polar surface area (TPSA) is 8.17 Å². The Morgan fingerprint density at radius 1 is 0.364 bits per heavy atom. The minimum absolute atomic E-state index is 1.10. The van der Waals surface area contributed by atoms with Gasteiger partial charge in [-0.15, -0.1) is 11.3 Å². The van der Waals surface area contributed by atoms with E-state index >= 15 is 0 Å². The van der Waals surface area contributed by atoms with Crippen molar-refractivity contribution >= 4 is 81.1 Å². The fourth-order valence-corrected chi connectivity index (χ4v) is 9.60. The molecule has 0 aliphatic heterocycles. The molecular weight excluding hydrogens is 685 g/mol. The maximum absolute atomic E-state index is 2.43. The second-order valence-electron chi connectivity index (χ2n) is 14.1. The van der Waals surface area contributed by atoms with E-state index in [1.54, 1.807) is 0 Å². The Labute approximate surface area is 323 Å². The number of rotatable bonds is 6. The number of benzene rings is 9. The smallest absolute Gasteiger partial charge is 0.0561 e. The molecule has 258 valence electrons. The van der Waals surface area contributed by atoms with E-state index < -0.39 is 0 Å². The molecule has 0 atom stereocenters. The van der Waals surface area contributed by atoms with Crippen LogP contribution >= 0.6 is 11.3 Å². The monoisotopic (exact) mass is 718 g/mol. The lowest BCUT2D eigenvalue weighted by atomic mass is 9.97. The number of para-hydroxylation sites is 3. The Hall–Kier alpha value is -6.94. The van der Waals surface area contributed by atoms with E-state index in [1.165, 1.54) is 75.0 Å². The molecule has 0 saturated heterocycles. The predicted molar refractivity (Wildman–Crippen MR) is 237 cm³/mol. The van der Waals surface area contributed by atoms with Crippen LogP contribution in [0.4, 0.5) is 17.1 Å². The summed E-state index contributed by atoms with van der Waals surface area (Å²) in [6.07, 6.45) is 0. The highest BCUT2D eigenvalue weighted by Crippen LogP contribution is 2.45. The summed E-state index contributed by atoms with van der Waals surface area (Å²) in [6, 6.07) is 75.2. The van der Waals surface area contributed by atoms with Crippen LogP contribution in [0, 0.1) is 0 Å². The number of hydrogen-bond donors (Lipinski definition) is 0. The summed E-state index contributed by atoms with van der Waals surface area (Å²) in [5, 5.41) is 7.61. The average Bonchev–Trinajstić information content (AvgIpc) is 3.79. The van der Waals surface area contributed by atoms with Gasteiger partial charge in [-0.25, -0.2) is 0 Å². The van der Waals surface area contributed by atoms with Crippen LogP contribution in [0.25, 0.3) is 80.7 Å². The SMILES string of the molecule is c1ccc(-n2c3ccccc3c3ccc(N(c4ccc(-c5cccc6ccccc56)cc4)c4ccccc4-c4ccc5c(c4)sc4ccccc45)cc32)cc1. The molecule has 0 aliphatic carbocycles. The molecule has 0 aliphatic rings. The van der Waals surface area contributed by atoms with Crippen LogP contribution in [-0.2, 0) is 0 Å². The Kier molecular flexibility index (Phi) is 7.39. The van der Waals surface area contributed by atoms with E-state index in [2.05, 4.69) is 216 Å². The molecule has 55 heavy (non-hydrogen) atoms. The van der Waals surface area contributed by atoms with Gasteiger partial charge in [-0.2, -0.15) is 0 Å². The van der Waals surface area contributed by atoms with Crippen molar-refractivity contribution < 1.29 is 0 Å². The molecule has 2 heterocycles. The first kappa shape index (κ1) is 31.6. The van der Waals surface area contributed by atoms with Crippen LogP contribution < -0.4 is 4.90 Å². The molecule has 0 fully saturated rings. The quantitative estimate of drug-likeness (QED) is 0.166. The number of nitrogens with zero attached hydrogens (tertiary/aromatic N) is 2. The number of thiophene rings is 1. The van der Waals surface area contributed by atoms with Crippen molar-refractivity contribution in [1.82, 2.24) is 4.57 Å². The van der Waals surface area contributed by atoms with Gasteiger partial charge >= 0.3 is 0 Å². The molecule has 0 amide bonds. The van der Waals surface area contributed by atoms with Crippen molar-refractivity contribution in [3.8, 4) is 27.9 Å². The minimum Gasteiger partial charge on any atom is -0.310 e. The normalized spacial score (nSPS) is 11.6. The zero-order chi connectivity index (χ0) is 36.3. The molecule has 3 heteroatoms. The first-order chi connectivity index (χ1) is 27.3. The summed E-state index contributed by atoms with van der Waals surface area (Å²) < 4.78 is 5.02. The van der Waals surface area contributed by atoms with E-state index in [0.29, 0.717) is 0 Å². The van der Waals surface area contributed by atoms with Gasteiger partial charge in [0.25, 0.3) is 0 Å². The molecule has 0 radical (unpaired) electrons. The van der Waals surface area contributed by atoms with Crippen LogP contribution in [-0.4, -0.2) is 4.57 Å². The fourth-order valence-electron chi connectivity index (χ4n) is 8.45. The highest BCUT2D eigenvalue weighted by atomic mass is 32.1. The summed E-state index contributed by atoms with van der Waals surface area (Å²) in [5.41, 5.74) is 11.7. The van der Waals surface area contributed by atoms with Crippen molar-refractivity contribution in [3.63, 3.8) is 0 Å². The summed E-state index contributed by atoms with van der Waals surface area (Å²) in [6.45, 7) is 0. The highest BCUT2D eigenvalue weighted by molar-refractivity contribution is 7.25. The number of anilines is 3. The van der Waals surface area contributed by atoms with Crippen molar-refractivity contribution in [3.05, 3.63) is 206 Å².